The second kappa shape index (κ2) is 9.31. The molecule has 8 nitrogen and oxygen atoms in total. The Balaban J connectivity index is 1.46. The number of nitrogens with one attached hydrogen (secondary N) is 1. The molecule has 1 amide bonds. The van der Waals surface area contributed by atoms with Gasteiger partial charge in [0, 0.05) is 35.0 Å². The number of carbonyl (C=O) groups excluding carboxylic acids is 1. The summed E-state index contributed by atoms with van der Waals surface area (Å²) >= 11 is 1.30. The normalized spacial score (nSPS) is 10.6. The van der Waals surface area contributed by atoms with Gasteiger partial charge in [0.25, 0.3) is 5.56 Å². The van der Waals surface area contributed by atoms with Crippen LogP contribution in [0.25, 0.3) is 22.5 Å². The lowest BCUT2D eigenvalue weighted by atomic mass is 10.1. The zero-order valence-corrected chi connectivity index (χ0v) is 17.5. The number of ether oxygens (including phenoxy) is 1. The van der Waals surface area contributed by atoms with Crippen LogP contribution in [-0.2, 0) is 11.3 Å². The average molecular weight is 433 g/mol. The number of benzene rings is 1. The summed E-state index contributed by atoms with van der Waals surface area (Å²) in [6.45, 7) is 2.29. The van der Waals surface area contributed by atoms with Crippen LogP contribution in [-0.4, -0.2) is 32.3 Å². The van der Waals surface area contributed by atoms with E-state index in [1.807, 2.05) is 48.7 Å². The summed E-state index contributed by atoms with van der Waals surface area (Å²) in [5.41, 5.74) is 2.63. The van der Waals surface area contributed by atoms with Crippen molar-refractivity contribution >= 4 is 22.4 Å². The lowest BCUT2D eigenvalue weighted by Gasteiger charge is -2.08. The highest BCUT2D eigenvalue weighted by Gasteiger charge is 2.11. The van der Waals surface area contributed by atoms with Gasteiger partial charge in [-0.25, -0.2) is 9.67 Å². The molecule has 4 rings (SSSR count). The molecule has 3 heterocycles. The van der Waals surface area contributed by atoms with Gasteiger partial charge in [0.2, 0.25) is 5.91 Å². The van der Waals surface area contributed by atoms with Crippen molar-refractivity contribution < 1.29 is 9.53 Å². The van der Waals surface area contributed by atoms with E-state index in [-0.39, 0.29) is 18.0 Å². The Morgan fingerprint density at radius 3 is 2.68 bits per heavy atom. The van der Waals surface area contributed by atoms with Crippen LogP contribution >= 0.6 is 11.3 Å². The summed E-state index contributed by atoms with van der Waals surface area (Å²) in [5.74, 6) is 0.374. The first-order valence-electron chi connectivity index (χ1n) is 9.59. The van der Waals surface area contributed by atoms with Crippen LogP contribution in [0.5, 0.6) is 5.75 Å². The minimum absolute atomic E-state index is 0.217. The van der Waals surface area contributed by atoms with E-state index in [4.69, 9.17) is 4.74 Å². The number of nitrogens with zero attached hydrogens (tertiary/aromatic N) is 4. The van der Waals surface area contributed by atoms with E-state index < -0.39 is 0 Å². The molecule has 0 radical (unpaired) electrons. The molecule has 0 fully saturated rings. The highest BCUT2D eigenvalue weighted by molar-refractivity contribution is 7.14. The van der Waals surface area contributed by atoms with Crippen LogP contribution in [0.4, 0.5) is 5.13 Å². The van der Waals surface area contributed by atoms with Gasteiger partial charge in [-0.15, -0.1) is 11.3 Å². The minimum Gasteiger partial charge on any atom is -0.494 e. The first-order valence-corrected chi connectivity index (χ1v) is 10.5. The second-order valence-electron chi connectivity index (χ2n) is 6.50. The smallest absolute Gasteiger partial charge is 0.267 e. The van der Waals surface area contributed by atoms with Crippen LogP contribution < -0.4 is 15.6 Å². The topological polar surface area (TPSA) is 99.0 Å². The van der Waals surface area contributed by atoms with Crippen LogP contribution in [0.1, 0.15) is 6.92 Å². The van der Waals surface area contributed by atoms with Crippen LogP contribution in [0.2, 0.25) is 0 Å². The molecule has 0 atom stereocenters. The van der Waals surface area contributed by atoms with Gasteiger partial charge < -0.3 is 10.1 Å². The first-order chi connectivity index (χ1) is 15.1. The van der Waals surface area contributed by atoms with E-state index in [0.717, 1.165) is 27.3 Å². The van der Waals surface area contributed by atoms with Gasteiger partial charge >= 0.3 is 0 Å². The predicted octanol–water partition coefficient (Wildman–Crippen LogP) is 3.47. The highest BCUT2D eigenvalue weighted by Crippen LogP contribution is 2.24. The summed E-state index contributed by atoms with van der Waals surface area (Å²) in [4.78, 5) is 33.1. The van der Waals surface area contributed by atoms with Crippen molar-refractivity contribution in [3.63, 3.8) is 0 Å². The van der Waals surface area contributed by atoms with Crippen molar-refractivity contribution in [1.82, 2.24) is 19.7 Å². The first kappa shape index (κ1) is 20.4. The van der Waals surface area contributed by atoms with Gasteiger partial charge in [-0.05, 0) is 49.4 Å². The van der Waals surface area contributed by atoms with Gasteiger partial charge in [0.1, 0.15) is 12.3 Å². The Labute approximate surface area is 182 Å². The molecule has 3 aromatic heterocycles. The molecular formula is C22H19N5O3S. The maximum Gasteiger partial charge on any atom is 0.267 e. The van der Waals surface area contributed by atoms with Crippen molar-refractivity contribution in [2.45, 2.75) is 13.5 Å². The molecule has 9 heteroatoms. The van der Waals surface area contributed by atoms with Crippen molar-refractivity contribution in [3.8, 4) is 28.3 Å². The molecule has 1 N–H and O–H groups in total. The molecule has 0 saturated heterocycles. The summed E-state index contributed by atoms with van der Waals surface area (Å²) in [6, 6.07) is 14.1. The molecule has 4 aromatic rings. The number of anilines is 1. The molecule has 0 aliphatic heterocycles. The van der Waals surface area contributed by atoms with Crippen LogP contribution in [0.3, 0.4) is 0 Å². The van der Waals surface area contributed by atoms with E-state index >= 15 is 0 Å². The third kappa shape index (κ3) is 5.01. The molecule has 1 aromatic carbocycles. The molecule has 0 bridgehead atoms. The van der Waals surface area contributed by atoms with E-state index in [9.17, 15) is 9.59 Å². The summed E-state index contributed by atoms with van der Waals surface area (Å²) < 4.78 is 6.58. The molecule has 0 aliphatic carbocycles. The van der Waals surface area contributed by atoms with Crippen molar-refractivity contribution in [2.24, 2.45) is 0 Å². The zero-order valence-electron chi connectivity index (χ0n) is 16.7. The largest absolute Gasteiger partial charge is 0.494 e. The summed E-state index contributed by atoms with van der Waals surface area (Å²) in [7, 11) is 0. The maximum atomic E-state index is 12.5. The van der Waals surface area contributed by atoms with Gasteiger partial charge in [-0.3, -0.25) is 14.6 Å². The zero-order chi connectivity index (χ0) is 21.6. The molecule has 0 aliphatic rings. The van der Waals surface area contributed by atoms with Crippen molar-refractivity contribution in [1.29, 1.82) is 0 Å². The second-order valence-corrected chi connectivity index (χ2v) is 7.36. The van der Waals surface area contributed by atoms with Gasteiger partial charge in [-0.2, -0.15) is 5.10 Å². The third-order valence-electron chi connectivity index (χ3n) is 4.33. The van der Waals surface area contributed by atoms with Crippen LogP contribution in [0, 0.1) is 0 Å². The monoisotopic (exact) mass is 433 g/mol. The van der Waals surface area contributed by atoms with E-state index in [0.29, 0.717) is 17.4 Å². The maximum absolute atomic E-state index is 12.5. The standard InChI is InChI=1S/C22H19N5O3S/c1-2-30-17-7-5-15(6-8-17)18-9-10-21(29)27(26-18)13-20(28)25-22-24-19(14-31-22)16-4-3-11-23-12-16/h3-12,14H,2,13H2,1H3,(H,24,25,28). The number of aromatic nitrogens is 4. The Morgan fingerprint density at radius 1 is 1.10 bits per heavy atom. The summed E-state index contributed by atoms with van der Waals surface area (Å²) in [6.07, 6.45) is 3.39. The lowest BCUT2D eigenvalue weighted by Crippen LogP contribution is -2.29. The lowest BCUT2D eigenvalue weighted by molar-refractivity contribution is -0.117. The number of carbonyl (C=O) groups is 1. The predicted molar refractivity (Wildman–Crippen MR) is 119 cm³/mol. The SMILES string of the molecule is CCOc1ccc(-c2ccc(=O)n(CC(=O)Nc3nc(-c4cccnc4)cs3)n2)cc1. The number of pyridine rings is 1. The van der Waals surface area contributed by atoms with Crippen molar-refractivity contribution in [2.75, 3.05) is 11.9 Å². The molecule has 31 heavy (non-hydrogen) atoms. The number of thiazole rings is 1. The number of amides is 1. The fourth-order valence-corrected chi connectivity index (χ4v) is 3.61. The fourth-order valence-electron chi connectivity index (χ4n) is 2.88. The van der Waals surface area contributed by atoms with E-state index in [1.54, 1.807) is 18.5 Å². The summed E-state index contributed by atoms with van der Waals surface area (Å²) in [5, 5.41) is 9.33. The third-order valence-corrected chi connectivity index (χ3v) is 5.09. The highest BCUT2D eigenvalue weighted by atomic mass is 32.1. The molecule has 156 valence electrons. The quantitative estimate of drug-likeness (QED) is 0.479. The molecule has 0 saturated carbocycles. The van der Waals surface area contributed by atoms with Gasteiger partial charge in [-0.1, -0.05) is 0 Å². The Kier molecular flexibility index (Phi) is 6.13. The Hall–Kier alpha value is -3.85. The Bertz CT molecular complexity index is 1240. The Morgan fingerprint density at radius 2 is 1.94 bits per heavy atom. The molecular weight excluding hydrogens is 414 g/mol. The van der Waals surface area contributed by atoms with E-state index in [1.165, 1.54) is 17.4 Å². The minimum atomic E-state index is -0.384. The van der Waals surface area contributed by atoms with E-state index in [2.05, 4.69) is 20.4 Å². The van der Waals surface area contributed by atoms with Gasteiger partial charge in [0.05, 0.1) is 18.0 Å². The number of hydrogen-bond donors (Lipinski definition) is 1. The molecule has 0 spiro atoms. The number of hydrogen-bond acceptors (Lipinski definition) is 7. The molecule has 0 unspecified atom stereocenters. The number of rotatable bonds is 7. The fraction of sp³-hybridized carbons (Fsp3) is 0.136. The van der Waals surface area contributed by atoms with Crippen molar-refractivity contribution in [3.05, 3.63) is 76.7 Å². The average Bonchev–Trinajstić information content (AvgIpc) is 3.25. The van der Waals surface area contributed by atoms with Crippen LogP contribution in [0.15, 0.2) is 71.1 Å². The van der Waals surface area contributed by atoms with Gasteiger partial charge in [0.15, 0.2) is 5.13 Å².